The van der Waals surface area contributed by atoms with Crippen molar-refractivity contribution in [2.75, 3.05) is 25.5 Å². The largest absolute Gasteiger partial charge is 0.468 e. The monoisotopic (exact) mass is 331 g/mol. The van der Waals surface area contributed by atoms with Gasteiger partial charge in [-0.15, -0.1) is 0 Å². The number of nitrogens with one attached hydrogen (secondary N) is 1. The predicted octanol–water partition coefficient (Wildman–Crippen LogP) is 2.69. The van der Waals surface area contributed by atoms with E-state index in [1.165, 1.54) is 18.3 Å². The van der Waals surface area contributed by atoms with Crippen molar-refractivity contribution in [2.24, 2.45) is 5.92 Å². The molecule has 1 amide bonds. The number of ether oxygens (including phenoxy) is 1. The topological polar surface area (TPSA) is 54.5 Å². The molecule has 0 spiro atoms. The average molecular weight is 331 g/mol. The zero-order valence-corrected chi connectivity index (χ0v) is 13.1. The molecule has 1 saturated heterocycles. The highest BCUT2D eigenvalue weighted by molar-refractivity contribution is 5.93. The fourth-order valence-electron chi connectivity index (χ4n) is 2.87. The van der Waals surface area contributed by atoms with Gasteiger partial charge in [0.15, 0.2) is 6.61 Å². The Kier molecular flexibility index (Phi) is 5.46. The summed E-state index contributed by atoms with van der Waals surface area (Å²) in [6, 6.07) is 3.00. The molecule has 2 heterocycles. The van der Waals surface area contributed by atoms with Crippen LogP contribution in [-0.4, -0.2) is 48.2 Å². The molecule has 23 heavy (non-hydrogen) atoms. The number of amides is 1. The van der Waals surface area contributed by atoms with Crippen molar-refractivity contribution in [2.45, 2.75) is 32.0 Å². The molecule has 1 aromatic heterocycles. The summed E-state index contributed by atoms with van der Waals surface area (Å²) < 4.78 is 41.0. The molecule has 0 unspecified atom stereocenters. The van der Waals surface area contributed by atoms with Crippen LogP contribution in [0.25, 0.3) is 0 Å². The molecule has 0 aliphatic carbocycles. The van der Waals surface area contributed by atoms with Gasteiger partial charge in [0, 0.05) is 24.0 Å². The second-order valence-corrected chi connectivity index (χ2v) is 5.63. The Bertz CT molecular complexity index is 551. The molecular formula is C15H20F3N3O2. The van der Waals surface area contributed by atoms with Gasteiger partial charge in [-0.3, -0.25) is 4.79 Å². The lowest BCUT2D eigenvalue weighted by Crippen LogP contribution is -2.35. The molecule has 0 radical (unpaired) electrons. The van der Waals surface area contributed by atoms with E-state index in [-0.39, 0.29) is 23.7 Å². The number of halogens is 3. The molecule has 0 bridgehead atoms. The Labute approximate surface area is 132 Å². The minimum atomic E-state index is -4.43. The number of aromatic nitrogens is 1. The highest BCUT2D eigenvalue weighted by Gasteiger charge is 2.35. The number of rotatable bonds is 5. The molecule has 1 fully saturated rings. The second-order valence-electron chi connectivity index (χ2n) is 5.63. The molecule has 1 aliphatic rings. The summed E-state index contributed by atoms with van der Waals surface area (Å²) in [5.41, 5.74) is 0.381. The van der Waals surface area contributed by atoms with Crippen LogP contribution in [0.2, 0.25) is 0 Å². The maximum absolute atomic E-state index is 12.4. The van der Waals surface area contributed by atoms with E-state index in [0.29, 0.717) is 5.69 Å². The SMILES string of the molecule is CC[C@@H]1[C@@H](C(=O)Nc2ccnc(OCC(F)(F)F)c2)CCN1C. The van der Waals surface area contributed by atoms with Crippen molar-refractivity contribution in [3.05, 3.63) is 18.3 Å². The molecule has 0 saturated carbocycles. The Hall–Kier alpha value is -1.83. The van der Waals surface area contributed by atoms with Gasteiger partial charge in [0.05, 0.1) is 5.92 Å². The van der Waals surface area contributed by atoms with Crippen LogP contribution >= 0.6 is 0 Å². The maximum Gasteiger partial charge on any atom is 0.422 e. The van der Waals surface area contributed by atoms with E-state index in [0.717, 1.165) is 19.4 Å². The third-order valence-corrected chi connectivity index (χ3v) is 3.96. The van der Waals surface area contributed by atoms with Gasteiger partial charge in [-0.05, 0) is 32.5 Å². The highest BCUT2D eigenvalue weighted by Crippen LogP contribution is 2.27. The Morgan fingerprint density at radius 1 is 1.52 bits per heavy atom. The summed E-state index contributed by atoms with van der Waals surface area (Å²) >= 11 is 0. The Balaban J connectivity index is 1.98. The molecule has 0 aromatic carbocycles. The minimum Gasteiger partial charge on any atom is -0.468 e. The molecular weight excluding hydrogens is 311 g/mol. The number of likely N-dealkylation sites (tertiary alicyclic amines) is 1. The van der Waals surface area contributed by atoms with E-state index in [1.807, 2.05) is 14.0 Å². The van der Waals surface area contributed by atoms with Gasteiger partial charge in [0.1, 0.15) is 0 Å². The molecule has 1 aliphatic heterocycles. The number of carbonyl (C=O) groups is 1. The van der Waals surface area contributed by atoms with Crippen molar-refractivity contribution in [3.63, 3.8) is 0 Å². The van der Waals surface area contributed by atoms with Crippen LogP contribution in [0.1, 0.15) is 19.8 Å². The van der Waals surface area contributed by atoms with Gasteiger partial charge in [-0.2, -0.15) is 13.2 Å². The lowest BCUT2D eigenvalue weighted by Gasteiger charge is -2.22. The van der Waals surface area contributed by atoms with Crippen LogP contribution in [0.4, 0.5) is 18.9 Å². The summed E-state index contributed by atoms with van der Waals surface area (Å²) in [7, 11) is 1.98. The van der Waals surface area contributed by atoms with E-state index in [1.54, 1.807) is 0 Å². The summed E-state index contributed by atoms with van der Waals surface area (Å²) in [4.78, 5) is 18.2. The van der Waals surface area contributed by atoms with E-state index < -0.39 is 12.8 Å². The lowest BCUT2D eigenvalue weighted by atomic mass is 9.97. The normalized spacial score (nSPS) is 22.1. The first-order valence-corrected chi connectivity index (χ1v) is 7.47. The zero-order chi connectivity index (χ0) is 17.0. The molecule has 128 valence electrons. The van der Waals surface area contributed by atoms with Gasteiger partial charge >= 0.3 is 6.18 Å². The van der Waals surface area contributed by atoms with Crippen LogP contribution in [-0.2, 0) is 4.79 Å². The fraction of sp³-hybridized carbons (Fsp3) is 0.600. The number of hydrogen-bond donors (Lipinski definition) is 1. The van der Waals surface area contributed by atoms with Gasteiger partial charge in [0.2, 0.25) is 11.8 Å². The first-order chi connectivity index (χ1) is 10.8. The third-order valence-electron chi connectivity index (χ3n) is 3.96. The Morgan fingerprint density at radius 2 is 2.26 bits per heavy atom. The van der Waals surface area contributed by atoms with Gasteiger partial charge in [-0.1, -0.05) is 6.92 Å². The highest BCUT2D eigenvalue weighted by atomic mass is 19.4. The summed E-state index contributed by atoms with van der Waals surface area (Å²) in [5.74, 6) is -0.428. The molecule has 8 heteroatoms. The van der Waals surface area contributed by atoms with Crippen molar-refractivity contribution in [1.82, 2.24) is 9.88 Å². The van der Waals surface area contributed by atoms with Crippen LogP contribution in [0.15, 0.2) is 18.3 Å². The molecule has 5 nitrogen and oxygen atoms in total. The van der Waals surface area contributed by atoms with Crippen molar-refractivity contribution >= 4 is 11.6 Å². The van der Waals surface area contributed by atoms with E-state index >= 15 is 0 Å². The first-order valence-electron chi connectivity index (χ1n) is 7.47. The first kappa shape index (κ1) is 17.5. The van der Waals surface area contributed by atoms with Crippen LogP contribution in [0, 0.1) is 5.92 Å². The number of pyridine rings is 1. The smallest absolute Gasteiger partial charge is 0.422 e. The Morgan fingerprint density at radius 3 is 2.91 bits per heavy atom. The second kappa shape index (κ2) is 7.16. The van der Waals surface area contributed by atoms with E-state index in [2.05, 4.69) is 19.9 Å². The van der Waals surface area contributed by atoms with Gasteiger partial charge in [0.25, 0.3) is 0 Å². The number of hydrogen-bond acceptors (Lipinski definition) is 4. The number of alkyl halides is 3. The number of nitrogens with zero attached hydrogens (tertiary/aromatic N) is 2. The number of carbonyl (C=O) groups excluding carboxylic acids is 1. The van der Waals surface area contributed by atoms with Gasteiger partial charge < -0.3 is 15.0 Å². The van der Waals surface area contributed by atoms with Crippen molar-refractivity contribution < 1.29 is 22.7 Å². The van der Waals surface area contributed by atoms with Crippen molar-refractivity contribution in [1.29, 1.82) is 0 Å². The summed E-state index contributed by atoms with van der Waals surface area (Å²) in [6.45, 7) is 1.47. The van der Waals surface area contributed by atoms with E-state index in [9.17, 15) is 18.0 Å². The van der Waals surface area contributed by atoms with Gasteiger partial charge in [-0.25, -0.2) is 4.98 Å². The van der Waals surface area contributed by atoms with Crippen LogP contribution < -0.4 is 10.1 Å². The fourth-order valence-corrected chi connectivity index (χ4v) is 2.87. The minimum absolute atomic E-state index is 0.127. The van der Waals surface area contributed by atoms with Crippen LogP contribution in [0.5, 0.6) is 5.88 Å². The average Bonchev–Trinajstić information content (AvgIpc) is 2.86. The molecule has 1 aromatic rings. The number of anilines is 1. The lowest BCUT2D eigenvalue weighted by molar-refractivity contribution is -0.154. The standard InChI is InChI=1S/C15H20F3N3O2/c1-3-12-11(5-7-21(12)2)14(22)20-10-4-6-19-13(8-10)23-9-15(16,17)18/h4,6,8,11-12H,3,5,7,9H2,1-2H3,(H,19,20,22)/t11-,12+/m0/s1. The van der Waals surface area contributed by atoms with Crippen molar-refractivity contribution in [3.8, 4) is 5.88 Å². The quantitative estimate of drug-likeness (QED) is 0.901. The summed E-state index contributed by atoms with van der Waals surface area (Å²) in [5, 5.41) is 2.74. The van der Waals surface area contributed by atoms with E-state index in [4.69, 9.17) is 0 Å². The molecule has 2 rings (SSSR count). The zero-order valence-electron chi connectivity index (χ0n) is 13.1. The summed E-state index contributed by atoms with van der Waals surface area (Å²) in [6.07, 6.45) is -1.49. The van der Waals surface area contributed by atoms with Crippen LogP contribution in [0.3, 0.4) is 0 Å². The maximum atomic E-state index is 12.4. The third kappa shape index (κ3) is 4.82. The predicted molar refractivity (Wildman–Crippen MR) is 79.2 cm³/mol. The molecule has 1 N–H and O–H groups in total. The molecule has 2 atom stereocenters.